The number of halogens is 1. The quantitative estimate of drug-likeness (QED) is 0.427. The van der Waals surface area contributed by atoms with Gasteiger partial charge in [-0.15, -0.1) is 0 Å². The maximum Gasteiger partial charge on any atom is 0.307 e. The van der Waals surface area contributed by atoms with Gasteiger partial charge in [0.1, 0.15) is 11.3 Å². The Morgan fingerprint density at radius 2 is 1.90 bits per heavy atom. The second-order valence-electron chi connectivity index (χ2n) is 6.84. The van der Waals surface area contributed by atoms with Crippen LogP contribution in [0.2, 0.25) is 0 Å². The molecule has 1 fully saturated rings. The summed E-state index contributed by atoms with van der Waals surface area (Å²) in [6, 6.07) is 14.2. The Labute approximate surface area is 186 Å². The smallest absolute Gasteiger partial charge is 0.307 e. The van der Waals surface area contributed by atoms with Crippen LogP contribution in [0.4, 0.5) is 0 Å². The van der Waals surface area contributed by atoms with Gasteiger partial charge in [-0.05, 0) is 54.1 Å². The molecule has 0 radical (unpaired) electrons. The number of furan rings is 1. The molecule has 3 aromatic rings. The van der Waals surface area contributed by atoms with Crippen LogP contribution in [0.15, 0.2) is 62.5 Å². The van der Waals surface area contributed by atoms with E-state index in [2.05, 4.69) is 26.5 Å². The van der Waals surface area contributed by atoms with E-state index in [0.717, 1.165) is 15.4 Å². The number of rotatable bonds is 6. The summed E-state index contributed by atoms with van der Waals surface area (Å²) in [4.78, 5) is 26.1. The lowest BCUT2D eigenvalue weighted by atomic mass is 10.2. The minimum Gasteiger partial charge on any atom is -0.484 e. The predicted octanol–water partition coefficient (Wildman–Crippen LogP) is 3.20. The molecule has 0 unspecified atom stereocenters. The van der Waals surface area contributed by atoms with E-state index in [1.54, 1.807) is 41.3 Å². The molecule has 0 saturated carbocycles. The van der Waals surface area contributed by atoms with Gasteiger partial charge in [0.2, 0.25) is 0 Å². The lowest BCUT2D eigenvalue weighted by Gasteiger charge is -2.26. The van der Waals surface area contributed by atoms with Crippen molar-refractivity contribution < 1.29 is 23.5 Å². The average Bonchev–Trinajstić information content (AvgIpc) is 3.22. The minimum atomic E-state index is -0.440. The molecule has 1 saturated heterocycles. The molecule has 2 heterocycles. The van der Waals surface area contributed by atoms with Crippen LogP contribution in [-0.2, 0) is 9.53 Å². The number of hydrogen-bond acceptors (Lipinski definition) is 6. The molecule has 1 N–H and O–H groups in total. The number of amides is 2. The molecule has 0 atom stereocenters. The van der Waals surface area contributed by atoms with Gasteiger partial charge in [-0.2, -0.15) is 5.10 Å². The summed E-state index contributed by atoms with van der Waals surface area (Å²) >= 11 is 3.39. The summed E-state index contributed by atoms with van der Waals surface area (Å²) in [5.41, 5.74) is 3.84. The monoisotopic (exact) mass is 485 g/mol. The summed E-state index contributed by atoms with van der Waals surface area (Å²) < 4.78 is 17.2. The number of morpholine rings is 1. The molecule has 2 amide bonds. The first kappa shape index (κ1) is 21.1. The van der Waals surface area contributed by atoms with Gasteiger partial charge in [-0.25, -0.2) is 5.43 Å². The number of ether oxygens (including phenoxy) is 2. The molecular formula is C22H20BrN3O5. The molecular weight excluding hydrogens is 466 g/mol. The van der Waals surface area contributed by atoms with Crippen LogP contribution in [0.3, 0.4) is 0 Å². The summed E-state index contributed by atoms with van der Waals surface area (Å²) in [5.74, 6) is 0.259. The molecule has 31 heavy (non-hydrogen) atoms. The highest BCUT2D eigenvalue weighted by molar-refractivity contribution is 9.10. The summed E-state index contributed by atoms with van der Waals surface area (Å²) in [6.45, 7) is 2.29. The summed E-state index contributed by atoms with van der Waals surface area (Å²) in [6.07, 6.45) is 1.51. The van der Waals surface area contributed by atoms with E-state index < -0.39 is 5.91 Å². The van der Waals surface area contributed by atoms with Crippen molar-refractivity contribution in [1.29, 1.82) is 0 Å². The van der Waals surface area contributed by atoms with E-state index >= 15 is 0 Å². The number of carbonyl (C=O) groups excluding carboxylic acids is 2. The van der Waals surface area contributed by atoms with E-state index in [4.69, 9.17) is 13.9 Å². The van der Waals surface area contributed by atoms with Crippen LogP contribution in [0.1, 0.15) is 16.1 Å². The zero-order valence-electron chi connectivity index (χ0n) is 16.5. The second kappa shape index (κ2) is 9.76. The van der Waals surface area contributed by atoms with E-state index in [1.807, 2.05) is 12.1 Å². The molecule has 1 aromatic heterocycles. The Morgan fingerprint density at radius 1 is 1.13 bits per heavy atom. The van der Waals surface area contributed by atoms with Crippen LogP contribution in [0, 0.1) is 0 Å². The topological polar surface area (TPSA) is 93.4 Å². The van der Waals surface area contributed by atoms with Crippen molar-refractivity contribution in [2.24, 2.45) is 5.10 Å². The Kier molecular flexibility index (Phi) is 6.63. The standard InChI is InChI=1S/C22H20BrN3O5/c23-17-3-6-19-16(11-17)12-20(31-19)22(28)25-24-13-15-1-4-18(5-2-15)30-14-21(27)26-7-9-29-10-8-26/h1-6,11-13H,7-10,14H2,(H,25,28)/b24-13+. The first-order valence-corrected chi connectivity index (χ1v) is 10.5. The molecule has 0 aliphatic carbocycles. The largest absolute Gasteiger partial charge is 0.484 e. The highest BCUT2D eigenvalue weighted by Gasteiger charge is 2.17. The number of fused-ring (bicyclic) bond motifs is 1. The number of nitrogens with zero attached hydrogens (tertiary/aromatic N) is 2. The van der Waals surface area contributed by atoms with Gasteiger partial charge in [-0.1, -0.05) is 15.9 Å². The van der Waals surface area contributed by atoms with Gasteiger partial charge >= 0.3 is 5.91 Å². The third-order valence-corrected chi connectivity index (χ3v) is 5.18. The molecule has 1 aliphatic rings. The summed E-state index contributed by atoms with van der Waals surface area (Å²) in [7, 11) is 0. The number of nitrogens with one attached hydrogen (secondary N) is 1. The molecule has 2 aromatic carbocycles. The first-order chi connectivity index (χ1) is 15.1. The van der Waals surface area contributed by atoms with Gasteiger partial charge in [-0.3, -0.25) is 9.59 Å². The van der Waals surface area contributed by atoms with Crippen molar-refractivity contribution in [1.82, 2.24) is 10.3 Å². The Bertz CT molecular complexity index is 1100. The van der Waals surface area contributed by atoms with Crippen molar-refractivity contribution >= 4 is 44.9 Å². The highest BCUT2D eigenvalue weighted by atomic mass is 79.9. The van der Waals surface area contributed by atoms with Crippen molar-refractivity contribution in [3.8, 4) is 5.75 Å². The van der Waals surface area contributed by atoms with Gasteiger partial charge < -0.3 is 18.8 Å². The van der Waals surface area contributed by atoms with Gasteiger partial charge in [0.25, 0.3) is 5.91 Å². The van der Waals surface area contributed by atoms with Crippen LogP contribution in [0.5, 0.6) is 5.75 Å². The second-order valence-corrected chi connectivity index (χ2v) is 7.76. The zero-order chi connectivity index (χ0) is 21.6. The van der Waals surface area contributed by atoms with Gasteiger partial charge in [0.15, 0.2) is 12.4 Å². The molecule has 4 rings (SSSR count). The van der Waals surface area contributed by atoms with E-state index in [-0.39, 0.29) is 18.3 Å². The van der Waals surface area contributed by atoms with Crippen molar-refractivity contribution in [2.45, 2.75) is 0 Å². The fourth-order valence-corrected chi connectivity index (χ4v) is 3.42. The van der Waals surface area contributed by atoms with Crippen LogP contribution in [0.25, 0.3) is 11.0 Å². The van der Waals surface area contributed by atoms with Crippen LogP contribution < -0.4 is 10.2 Å². The molecule has 160 valence electrons. The van der Waals surface area contributed by atoms with Crippen LogP contribution >= 0.6 is 15.9 Å². The van der Waals surface area contributed by atoms with E-state index in [0.29, 0.717) is 37.6 Å². The maximum absolute atomic E-state index is 12.2. The fraction of sp³-hybridized carbons (Fsp3) is 0.227. The molecule has 0 bridgehead atoms. The SMILES string of the molecule is O=C(N/N=C/c1ccc(OCC(=O)N2CCOCC2)cc1)c1cc2cc(Br)ccc2o1. The van der Waals surface area contributed by atoms with Crippen LogP contribution in [-0.4, -0.2) is 55.8 Å². The Hall–Kier alpha value is -3.17. The maximum atomic E-state index is 12.2. The van der Waals surface area contributed by atoms with E-state index in [9.17, 15) is 9.59 Å². The molecule has 1 aliphatic heterocycles. The molecule has 8 nitrogen and oxygen atoms in total. The van der Waals surface area contributed by atoms with Crippen molar-refractivity contribution in [2.75, 3.05) is 32.9 Å². The lowest BCUT2D eigenvalue weighted by molar-refractivity contribution is -0.137. The number of hydrazone groups is 1. The number of carbonyl (C=O) groups is 2. The average molecular weight is 486 g/mol. The molecule has 9 heteroatoms. The fourth-order valence-electron chi connectivity index (χ4n) is 3.05. The number of hydrogen-bond donors (Lipinski definition) is 1. The normalized spacial score (nSPS) is 14.2. The van der Waals surface area contributed by atoms with Crippen molar-refractivity contribution in [3.05, 3.63) is 64.3 Å². The van der Waals surface area contributed by atoms with Gasteiger partial charge in [0, 0.05) is 22.9 Å². The number of benzene rings is 2. The predicted molar refractivity (Wildman–Crippen MR) is 118 cm³/mol. The lowest BCUT2D eigenvalue weighted by Crippen LogP contribution is -2.42. The third kappa shape index (κ3) is 5.50. The van der Waals surface area contributed by atoms with E-state index in [1.165, 1.54) is 6.21 Å². The van der Waals surface area contributed by atoms with Gasteiger partial charge in [0.05, 0.1) is 19.4 Å². The third-order valence-electron chi connectivity index (χ3n) is 4.69. The Balaban J connectivity index is 1.27. The summed E-state index contributed by atoms with van der Waals surface area (Å²) in [5, 5.41) is 4.79. The highest BCUT2D eigenvalue weighted by Crippen LogP contribution is 2.23. The Morgan fingerprint density at radius 3 is 2.68 bits per heavy atom. The molecule has 0 spiro atoms. The minimum absolute atomic E-state index is 0.0163. The van der Waals surface area contributed by atoms with Crippen molar-refractivity contribution in [3.63, 3.8) is 0 Å². The first-order valence-electron chi connectivity index (χ1n) is 9.69. The zero-order valence-corrected chi connectivity index (χ0v) is 18.1.